The summed E-state index contributed by atoms with van der Waals surface area (Å²) in [6.45, 7) is 4.88. The van der Waals surface area contributed by atoms with E-state index in [9.17, 15) is 0 Å². The van der Waals surface area contributed by atoms with Gasteiger partial charge >= 0.3 is 0 Å². The maximum absolute atomic E-state index is 5.70. The SMILES string of the molecule is CCc1nnc(C)cc1-c1nnc(CCCNC)o1. The van der Waals surface area contributed by atoms with Crippen molar-refractivity contribution in [3.63, 3.8) is 0 Å². The van der Waals surface area contributed by atoms with Gasteiger partial charge in [0.05, 0.1) is 17.0 Å². The van der Waals surface area contributed by atoms with Crippen molar-refractivity contribution in [2.75, 3.05) is 13.6 Å². The highest BCUT2D eigenvalue weighted by Crippen LogP contribution is 2.22. The summed E-state index contributed by atoms with van der Waals surface area (Å²) < 4.78 is 5.70. The average molecular weight is 261 g/mol. The summed E-state index contributed by atoms with van der Waals surface area (Å²) in [5, 5.41) is 19.5. The maximum atomic E-state index is 5.70. The third-order valence-corrected chi connectivity index (χ3v) is 2.84. The smallest absolute Gasteiger partial charge is 0.249 e. The molecule has 0 unspecified atom stereocenters. The van der Waals surface area contributed by atoms with Crippen molar-refractivity contribution in [1.82, 2.24) is 25.7 Å². The third-order valence-electron chi connectivity index (χ3n) is 2.84. The molecule has 0 radical (unpaired) electrons. The number of rotatable bonds is 6. The minimum atomic E-state index is 0.536. The molecule has 6 heteroatoms. The van der Waals surface area contributed by atoms with E-state index in [4.69, 9.17) is 4.42 Å². The molecular formula is C13H19N5O. The van der Waals surface area contributed by atoms with E-state index >= 15 is 0 Å². The van der Waals surface area contributed by atoms with Crippen LogP contribution in [0.25, 0.3) is 11.5 Å². The van der Waals surface area contributed by atoms with Gasteiger partial charge in [0.2, 0.25) is 11.8 Å². The van der Waals surface area contributed by atoms with E-state index < -0.39 is 0 Å². The van der Waals surface area contributed by atoms with Gasteiger partial charge in [0, 0.05) is 6.42 Å². The van der Waals surface area contributed by atoms with Gasteiger partial charge in [0.1, 0.15) is 0 Å². The summed E-state index contributed by atoms with van der Waals surface area (Å²) in [5.41, 5.74) is 2.63. The van der Waals surface area contributed by atoms with Crippen LogP contribution in [0.5, 0.6) is 0 Å². The maximum Gasteiger partial charge on any atom is 0.249 e. The number of aromatic nitrogens is 4. The van der Waals surface area contributed by atoms with Gasteiger partial charge in [-0.15, -0.1) is 10.2 Å². The van der Waals surface area contributed by atoms with Crippen LogP contribution in [0, 0.1) is 6.92 Å². The molecule has 1 N–H and O–H groups in total. The Morgan fingerprint density at radius 2 is 2.05 bits per heavy atom. The topological polar surface area (TPSA) is 76.7 Å². The molecule has 102 valence electrons. The Hall–Kier alpha value is -1.82. The van der Waals surface area contributed by atoms with Crippen LogP contribution in [0.2, 0.25) is 0 Å². The predicted octanol–water partition coefficient (Wildman–Crippen LogP) is 1.55. The van der Waals surface area contributed by atoms with Gasteiger partial charge in [-0.1, -0.05) is 6.92 Å². The van der Waals surface area contributed by atoms with Gasteiger partial charge in [-0.05, 0) is 39.4 Å². The summed E-state index contributed by atoms with van der Waals surface area (Å²) in [7, 11) is 1.93. The van der Waals surface area contributed by atoms with E-state index in [0.717, 1.165) is 42.8 Å². The van der Waals surface area contributed by atoms with Crippen LogP contribution in [0.15, 0.2) is 10.5 Å². The number of nitrogens with zero attached hydrogens (tertiary/aromatic N) is 4. The summed E-state index contributed by atoms with van der Waals surface area (Å²) in [6, 6.07) is 1.94. The molecular weight excluding hydrogens is 242 g/mol. The lowest BCUT2D eigenvalue weighted by Gasteiger charge is -2.02. The molecule has 0 aliphatic rings. The van der Waals surface area contributed by atoms with Gasteiger partial charge in [-0.3, -0.25) is 0 Å². The van der Waals surface area contributed by atoms with Crippen LogP contribution in [0.4, 0.5) is 0 Å². The van der Waals surface area contributed by atoms with Crippen molar-refractivity contribution in [1.29, 1.82) is 0 Å². The second kappa shape index (κ2) is 6.38. The molecule has 0 bridgehead atoms. The first-order valence-electron chi connectivity index (χ1n) is 6.55. The molecule has 19 heavy (non-hydrogen) atoms. The highest BCUT2D eigenvalue weighted by molar-refractivity contribution is 5.56. The summed E-state index contributed by atoms with van der Waals surface area (Å²) in [4.78, 5) is 0. The van der Waals surface area contributed by atoms with Gasteiger partial charge in [-0.2, -0.15) is 10.2 Å². The van der Waals surface area contributed by atoms with Crippen molar-refractivity contribution >= 4 is 0 Å². The Bertz CT molecular complexity index is 538. The van der Waals surface area contributed by atoms with Crippen LogP contribution >= 0.6 is 0 Å². The van der Waals surface area contributed by atoms with E-state index in [-0.39, 0.29) is 0 Å². The molecule has 0 fully saturated rings. The van der Waals surface area contributed by atoms with Crippen molar-refractivity contribution in [2.45, 2.75) is 33.1 Å². The fourth-order valence-corrected chi connectivity index (χ4v) is 1.84. The molecule has 0 saturated heterocycles. The highest BCUT2D eigenvalue weighted by Gasteiger charge is 2.13. The van der Waals surface area contributed by atoms with E-state index in [1.165, 1.54) is 0 Å². The molecule has 0 amide bonds. The van der Waals surface area contributed by atoms with E-state index in [1.807, 2.05) is 27.0 Å². The monoisotopic (exact) mass is 261 g/mol. The van der Waals surface area contributed by atoms with E-state index in [2.05, 4.69) is 25.7 Å². The zero-order chi connectivity index (χ0) is 13.7. The fraction of sp³-hybridized carbons (Fsp3) is 0.538. The Morgan fingerprint density at radius 3 is 2.79 bits per heavy atom. The van der Waals surface area contributed by atoms with E-state index in [0.29, 0.717) is 11.8 Å². The fourth-order valence-electron chi connectivity index (χ4n) is 1.84. The van der Waals surface area contributed by atoms with Crippen LogP contribution in [0.1, 0.15) is 30.6 Å². The molecule has 2 heterocycles. The normalized spacial score (nSPS) is 10.9. The molecule has 0 aliphatic heterocycles. The molecule has 0 atom stereocenters. The molecule has 0 spiro atoms. The first-order valence-corrected chi connectivity index (χ1v) is 6.55. The Balaban J connectivity index is 2.20. The quantitative estimate of drug-likeness (QED) is 0.795. The lowest BCUT2D eigenvalue weighted by atomic mass is 10.1. The zero-order valence-corrected chi connectivity index (χ0v) is 11.6. The molecule has 2 aromatic rings. The molecule has 0 aliphatic carbocycles. The molecule has 0 aromatic carbocycles. The number of hydrogen-bond acceptors (Lipinski definition) is 6. The number of nitrogens with one attached hydrogen (secondary N) is 1. The predicted molar refractivity (Wildman–Crippen MR) is 71.7 cm³/mol. The van der Waals surface area contributed by atoms with Crippen molar-refractivity contribution in [3.8, 4) is 11.5 Å². The summed E-state index contributed by atoms with van der Waals surface area (Å²) in [6.07, 6.45) is 2.55. The zero-order valence-electron chi connectivity index (χ0n) is 11.6. The summed E-state index contributed by atoms with van der Waals surface area (Å²) >= 11 is 0. The van der Waals surface area contributed by atoms with Gasteiger partial charge in [-0.25, -0.2) is 0 Å². The molecule has 0 saturated carbocycles. The molecule has 6 nitrogen and oxygen atoms in total. The van der Waals surface area contributed by atoms with Crippen LogP contribution in [-0.2, 0) is 12.8 Å². The first-order chi connectivity index (χ1) is 9.24. The second-order valence-electron chi connectivity index (χ2n) is 4.41. The Morgan fingerprint density at radius 1 is 1.21 bits per heavy atom. The first kappa shape index (κ1) is 13.6. The van der Waals surface area contributed by atoms with Crippen LogP contribution in [-0.4, -0.2) is 34.0 Å². The molecule has 2 rings (SSSR count). The van der Waals surface area contributed by atoms with Crippen molar-refractivity contribution < 1.29 is 4.42 Å². The Kier molecular flexibility index (Phi) is 4.57. The molecule has 2 aromatic heterocycles. The van der Waals surface area contributed by atoms with Crippen LogP contribution in [0.3, 0.4) is 0 Å². The number of hydrogen-bond donors (Lipinski definition) is 1. The lowest BCUT2D eigenvalue weighted by molar-refractivity contribution is 0.494. The van der Waals surface area contributed by atoms with Crippen LogP contribution < -0.4 is 5.32 Å². The standard InChI is InChI=1S/C13H19N5O/c1-4-11-10(8-9(2)15-16-11)13-18-17-12(19-13)6-5-7-14-3/h8,14H,4-7H2,1-3H3. The van der Waals surface area contributed by atoms with Crippen molar-refractivity contribution in [2.24, 2.45) is 0 Å². The Labute approximate surface area is 112 Å². The largest absolute Gasteiger partial charge is 0.421 e. The average Bonchev–Trinajstić information content (AvgIpc) is 2.88. The number of aryl methyl sites for hydroxylation is 3. The van der Waals surface area contributed by atoms with Gasteiger partial charge in [0.25, 0.3) is 0 Å². The van der Waals surface area contributed by atoms with Gasteiger partial charge in [0.15, 0.2) is 0 Å². The van der Waals surface area contributed by atoms with E-state index in [1.54, 1.807) is 0 Å². The van der Waals surface area contributed by atoms with Gasteiger partial charge < -0.3 is 9.73 Å². The lowest BCUT2D eigenvalue weighted by Crippen LogP contribution is -2.08. The second-order valence-corrected chi connectivity index (χ2v) is 4.41. The highest BCUT2D eigenvalue weighted by atomic mass is 16.4. The third kappa shape index (κ3) is 3.35. The minimum Gasteiger partial charge on any atom is -0.421 e. The summed E-state index contributed by atoms with van der Waals surface area (Å²) in [5.74, 6) is 1.20. The minimum absolute atomic E-state index is 0.536. The van der Waals surface area contributed by atoms with Crippen molar-refractivity contribution in [3.05, 3.63) is 23.3 Å².